The number of hydrogen-bond acceptors (Lipinski definition) is 1. The van der Waals surface area contributed by atoms with E-state index in [0.29, 0.717) is 6.42 Å². The third-order valence-electron chi connectivity index (χ3n) is 2.57. The van der Waals surface area contributed by atoms with E-state index < -0.39 is 17.7 Å². The molecule has 1 aromatic carbocycles. The largest absolute Gasteiger partial charge is 0.324 e. The molecule has 0 saturated heterocycles. The number of nitrogens with two attached hydrogens (primary N) is 1. The van der Waals surface area contributed by atoms with Gasteiger partial charge in [0.05, 0.1) is 5.02 Å². The predicted octanol–water partition coefficient (Wildman–Crippen LogP) is 4.20. The molecule has 0 radical (unpaired) electrons. The molecule has 0 unspecified atom stereocenters. The zero-order valence-corrected chi connectivity index (χ0v) is 10.0. The number of unbranched alkanes of at least 4 members (excludes halogenated alkanes) is 2. The Morgan fingerprint density at radius 2 is 2.00 bits per heavy atom. The standard InChI is InChI=1S/C12H16ClF2N/c1-2-3-4-5-10(16)11-9(14)7-6-8(13)12(11)15/h6-7,10H,2-5,16H2,1H3/t10-/m1/s1. The van der Waals surface area contributed by atoms with Crippen LogP contribution in [0.25, 0.3) is 0 Å². The first-order valence-corrected chi connectivity index (χ1v) is 5.84. The van der Waals surface area contributed by atoms with E-state index in [0.717, 1.165) is 25.3 Å². The Bertz CT molecular complexity index is 355. The summed E-state index contributed by atoms with van der Waals surface area (Å²) >= 11 is 5.59. The van der Waals surface area contributed by atoms with Crippen molar-refractivity contribution in [1.29, 1.82) is 0 Å². The normalized spacial score (nSPS) is 12.8. The summed E-state index contributed by atoms with van der Waals surface area (Å²) in [5.74, 6) is -1.35. The van der Waals surface area contributed by atoms with Crippen LogP contribution in [-0.4, -0.2) is 0 Å². The van der Waals surface area contributed by atoms with Crippen LogP contribution in [0.2, 0.25) is 5.02 Å². The topological polar surface area (TPSA) is 26.0 Å². The minimum Gasteiger partial charge on any atom is -0.324 e. The Morgan fingerprint density at radius 3 is 2.62 bits per heavy atom. The Labute approximate surface area is 99.6 Å². The van der Waals surface area contributed by atoms with Gasteiger partial charge in [0, 0.05) is 11.6 Å². The first kappa shape index (κ1) is 13.4. The molecule has 1 aromatic rings. The van der Waals surface area contributed by atoms with E-state index in [1.165, 1.54) is 6.07 Å². The van der Waals surface area contributed by atoms with Crippen LogP contribution in [0, 0.1) is 11.6 Å². The monoisotopic (exact) mass is 247 g/mol. The molecule has 0 bridgehead atoms. The van der Waals surface area contributed by atoms with Gasteiger partial charge in [-0.25, -0.2) is 8.78 Å². The lowest BCUT2D eigenvalue weighted by molar-refractivity contribution is 0.498. The van der Waals surface area contributed by atoms with Crippen LogP contribution >= 0.6 is 11.6 Å². The molecular formula is C12H16ClF2N. The molecule has 1 atom stereocenters. The van der Waals surface area contributed by atoms with Crippen LogP contribution in [0.4, 0.5) is 8.78 Å². The van der Waals surface area contributed by atoms with Gasteiger partial charge in [0.2, 0.25) is 0 Å². The molecule has 16 heavy (non-hydrogen) atoms. The van der Waals surface area contributed by atoms with Crippen molar-refractivity contribution in [3.63, 3.8) is 0 Å². The minimum atomic E-state index is -0.731. The maximum Gasteiger partial charge on any atom is 0.149 e. The second-order valence-electron chi connectivity index (χ2n) is 3.86. The molecule has 90 valence electrons. The summed E-state index contributed by atoms with van der Waals surface area (Å²) in [4.78, 5) is 0. The molecule has 0 aliphatic carbocycles. The van der Waals surface area contributed by atoms with Crippen LogP contribution in [0.3, 0.4) is 0 Å². The summed E-state index contributed by atoms with van der Waals surface area (Å²) in [6.45, 7) is 2.06. The highest BCUT2D eigenvalue weighted by Crippen LogP contribution is 2.27. The molecule has 0 fully saturated rings. The number of hydrogen-bond donors (Lipinski definition) is 1. The van der Waals surface area contributed by atoms with Gasteiger partial charge in [0.25, 0.3) is 0 Å². The van der Waals surface area contributed by atoms with E-state index in [2.05, 4.69) is 6.92 Å². The summed E-state index contributed by atoms with van der Waals surface area (Å²) in [7, 11) is 0. The average molecular weight is 248 g/mol. The summed E-state index contributed by atoms with van der Waals surface area (Å²) in [5, 5.41) is -0.0812. The van der Waals surface area contributed by atoms with Crippen molar-refractivity contribution >= 4 is 11.6 Å². The second kappa shape index (κ2) is 6.16. The minimum absolute atomic E-state index is 0.0812. The van der Waals surface area contributed by atoms with E-state index in [9.17, 15) is 8.78 Å². The molecule has 0 spiro atoms. The Morgan fingerprint density at radius 1 is 1.31 bits per heavy atom. The molecular weight excluding hydrogens is 232 g/mol. The van der Waals surface area contributed by atoms with Crippen LogP contribution in [0.1, 0.15) is 44.2 Å². The number of rotatable bonds is 5. The lowest BCUT2D eigenvalue weighted by atomic mass is 10.0. The number of benzene rings is 1. The van der Waals surface area contributed by atoms with Crippen LogP contribution in [-0.2, 0) is 0 Å². The SMILES string of the molecule is CCCCC[C@@H](N)c1c(F)ccc(Cl)c1F. The summed E-state index contributed by atoms with van der Waals surface area (Å²) in [5.41, 5.74) is 5.67. The highest BCUT2D eigenvalue weighted by Gasteiger charge is 2.18. The average Bonchev–Trinajstić information content (AvgIpc) is 2.24. The van der Waals surface area contributed by atoms with Crippen molar-refractivity contribution in [1.82, 2.24) is 0 Å². The molecule has 1 nitrogen and oxygen atoms in total. The van der Waals surface area contributed by atoms with E-state index in [-0.39, 0.29) is 10.6 Å². The van der Waals surface area contributed by atoms with E-state index in [1.807, 2.05) is 0 Å². The molecule has 0 saturated carbocycles. The summed E-state index contributed by atoms with van der Waals surface area (Å²) in [6, 6.07) is 1.74. The highest BCUT2D eigenvalue weighted by atomic mass is 35.5. The highest BCUT2D eigenvalue weighted by molar-refractivity contribution is 6.30. The lowest BCUT2D eigenvalue weighted by Gasteiger charge is -2.14. The lowest BCUT2D eigenvalue weighted by Crippen LogP contribution is -2.14. The number of halogens is 3. The van der Waals surface area contributed by atoms with Gasteiger partial charge in [0.15, 0.2) is 0 Å². The van der Waals surface area contributed by atoms with Gasteiger partial charge < -0.3 is 5.73 Å². The Hall–Kier alpha value is -0.670. The van der Waals surface area contributed by atoms with E-state index >= 15 is 0 Å². The van der Waals surface area contributed by atoms with Crippen molar-refractivity contribution < 1.29 is 8.78 Å². The molecule has 0 amide bonds. The fourth-order valence-corrected chi connectivity index (χ4v) is 1.81. The first-order valence-electron chi connectivity index (χ1n) is 5.46. The Balaban J connectivity index is 2.81. The Kier molecular flexibility index (Phi) is 5.16. The van der Waals surface area contributed by atoms with E-state index in [4.69, 9.17) is 17.3 Å². The van der Waals surface area contributed by atoms with Crippen molar-refractivity contribution in [3.8, 4) is 0 Å². The maximum atomic E-state index is 13.6. The third kappa shape index (κ3) is 3.16. The van der Waals surface area contributed by atoms with Crippen LogP contribution < -0.4 is 5.73 Å². The summed E-state index contributed by atoms with van der Waals surface area (Å²) < 4.78 is 27.0. The zero-order chi connectivity index (χ0) is 12.1. The van der Waals surface area contributed by atoms with Crippen molar-refractivity contribution in [2.45, 2.75) is 38.6 Å². The van der Waals surface area contributed by atoms with Gasteiger partial charge in [-0.05, 0) is 18.6 Å². The van der Waals surface area contributed by atoms with Gasteiger partial charge >= 0.3 is 0 Å². The molecule has 2 N–H and O–H groups in total. The van der Waals surface area contributed by atoms with Crippen molar-refractivity contribution in [2.24, 2.45) is 5.73 Å². The predicted molar refractivity (Wildman–Crippen MR) is 62.4 cm³/mol. The molecule has 0 heterocycles. The van der Waals surface area contributed by atoms with Crippen molar-refractivity contribution in [2.75, 3.05) is 0 Å². The van der Waals surface area contributed by atoms with Crippen LogP contribution in [0.5, 0.6) is 0 Å². The first-order chi connectivity index (χ1) is 7.57. The third-order valence-corrected chi connectivity index (χ3v) is 2.86. The molecule has 0 aromatic heterocycles. The van der Waals surface area contributed by atoms with Gasteiger partial charge in [-0.15, -0.1) is 0 Å². The van der Waals surface area contributed by atoms with Crippen molar-refractivity contribution in [3.05, 3.63) is 34.4 Å². The maximum absolute atomic E-state index is 13.6. The smallest absolute Gasteiger partial charge is 0.149 e. The van der Waals surface area contributed by atoms with Gasteiger partial charge in [0.1, 0.15) is 11.6 Å². The van der Waals surface area contributed by atoms with Gasteiger partial charge in [-0.2, -0.15) is 0 Å². The molecule has 0 aliphatic heterocycles. The fourth-order valence-electron chi connectivity index (χ4n) is 1.64. The zero-order valence-electron chi connectivity index (χ0n) is 9.27. The van der Waals surface area contributed by atoms with Crippen LogP contribution in [0.15, 0.2) is 12.1 Å². The summed E-state index contributed by atoms with van der Waals surface area (Å²) in [6.07, 6.45) is 3.50. The van der Waals surface area contributed by atoms with Gasteiger partial charge in [-0.1, -0.05) is 37.8 Å². The quantitative estimate of drug-likeness (QED) is 0.613. The fraction of sp³-hybridized carbons (Fsp3) is 0.500. The molecule has 0 aliphatic rings. The molecule has 4 heteroatoms. The van der Waals surface area contributed by atoms with Gasteiger partial charge in [-0.3, -0.25) is 0 Å². The molecule has 1 rings (SSSR count). The second-order valence-corrected chi connectivity index (χ2v) is 4.27. The van der Waals surface area contributed by atoms with E-state index in [1.54, 1.807) is 0 Å².